The first-order valence-electron chi connectivity index (χ1n) is 9.26. The molecule has 0 aromatic carbocycles. The number of hydrogen-bond acceptors (Lipinski definition) is 8. The van der Waals surface area contributed by atoms with Gasteiger partial charge in [-0.15, -0.1) is 0 Å². The largest absolute Gasteiger partial charge is 0.431 e. The number of ether oxygens (including phenoxy) is 3. The van der Waals surface area contributed by atoms with Crippen LogP contribution in [0.5, 0.6) is 0 Å². The summed E-state index contributed by atoms with van der Waals surface area (Å²) in [6.45, 7) is 3.73. The Morgan fingerprint density at radius 1 is 0.741 bits per heavy atom. The number of allylic oxidation sites excluding steroid dienone is 1. The van der Waals surface area contributed by atoms with Gasteiger partial charge >= 0.3 is 29.8 Å². The molecule has 0 aromatic heterocycles. The van der Waals surface area contributed by atoms with Crippen molar-refractivity contribution in [3.05, 3.63) is 12.3 Å². The summed E-state index contributed by atoms with van der Waals surface area (Å²) in [6.07, 6.45) is 2.26. The minimum Gasteiger partial charge on any atom is -0.431 e. The lowest BCUT2D eigenvalue weighted by molar-refractivity contribution is -0.168. The lowest BCUT2D eigenvalue weighted by Gasteiger charge is -2.29. The number of carbonyl (C=O) groups is 5. The molecule has 0 aromatic rings. The van der Waals surface area contributed by atoms with Crippen molar-refractivity contribution in [2.45, 2.75) is 38.5 Å². The predicted octanol–water partition coefficient (Wildman–Crippen LogP) is 1.28. The third-order valence-corrected chi connectivity index (χ3v) is 6.32. The Morgan fingerprint density at radius 3 is 1.85 bits per heavy atom. The highest BCUT2D eigenvalue weighted by molar-refractivity contribution is 5.97. The Bertz CT molecular complexity index is 691. The molecule has 0 radical (unpaired) electrons. The zero-order valence-electron chi connectivity index (χ0n) is 14.7. The monoisotopic (exact) mass is 376 g/mol. The van der Waals surface area contributed by atoms with Crippen molar-refractivity contribution >= 4 is 29.8 Å². The Morgan fingerprint density at radius 2 is 1.22 bits per heavy atom. The number of fused-ring (bicyclic) bond motifs is 2. The first kappa shape index (κ1) is 17.9. The van der Waals surface area contributed by atoms with E-state index in [-0.39, 0.29) is 24.7 Å². The van der Waals surface area contributed by atoms with E-state index in [9.17, 15) is 24.0 Å². The van der Waals surface area contributed by atoms with Crippen molar-refractivity contribution in [2.24, 2.45) is 35.5 Å². The SMILES string of the molecule is C=C1OC(=O)C2CC(C(=O)OC(=O)C3CCC4C(=O)OC(=O)C4C3)CCC12. The third kappa shape index (κ3) is 3.07. The lowest BCUT2D eigenvalue weighted by atomic mass is 9.74. The van der Waals surface area contributed by atoms with Crippen molar-refractivity contribution in [2.75, 3.05) is 0 Å². The molecule has 2 aliphatic heterocycles. The molecule has 27 heavy (non-hydrogen) atoms. The molecule has 2 aliphatic carbocycles. The summed E-state index contributed by atoms with van der Waals surface area (Å²) in [6, 6.07) is 0. The van der Waals surface area contributed by atoms with Gasteiger partial charge in [0.1, 0.15) is 5.76 Å². The van der Waals surface area contributed by atoms with Crippen LogP contribution in [0.15, 0.2) is 12.3 Å². The molecular weight excluding hydrogens is 356 g/mol. The van der Waals surface area contributed by atoms with Crippen molar-refractivity contribution in [3.8, 4) is 0 Å². The van der Waals surface area contributed by atoms with Crippen LogP contribution in [0, 0.1) is 35.5 Å². The molecule has 0 amide bonds. The maximum atomic E-state index is 12.4. The van der Waals surface area contributed by atoms with Gasteiger partial charge in [-0.25, -0.2) is 0 Å². The Hall–Kier alpha value is -2.51. The second-order valence-corrected chi connectivity index (χ2v) is 7.81. The zero-order chi connectivity index (χ0) is 19.3. The van der Waals surface area contributed by atoms with E-state index in [4.69, 9.17) is 9.47 Å². The highest BCUT2D eigenvalue weighted by Gasteiger charge is 2.50. The van der Waals surface area contributed by atoms with Crippen molar-refractivity contribution < 1.29 is 38.2 Å². The van der Waals surface area contributed by atoms with Gasteiger partial charge < -0.3 is 14.2 Å². The lowest BCUT2D eigenvalue weighted by Crippen LogP contribution is -2.35. The summed E-state index contributed by atoms with van der Waals surface area (Å²) in [5.74, 6) is -5.14. The van der Waals surface area contributed by atoms with Crippen LogP contribution in [-0.4, -0.2) is 29.8 Å². The molecule has 2 saturated carbocycles. The first-order valence-corrected chi connectivity index (χ1v) is 9.26. The van der Waals surface area contributed by atoms with Gasteiger partial charge in [0.15, 0.2) is 0 Å². The van der Waals surface area contributed by atoms with E-state index in [0.29, 0.717) is 31.4 Å². The van der Waals surface area contributed by atoms with E-state index >= 15 is 0 Å². The molecule has 4 rings (SSSR count). The van der Waals surface area contributed by atoms with E-state index in [2.05, 4.69) is 11.3 Å². The van der Waals surface area contributed by atoms with Gasteiger partial charge in [-0.2, -0.15) is 0 Å². The topological polar surface area (TPSA) is 113 Å². The molecule has 2 saturated heterocycles. The average molecular weight is 376 g/mol. The van der Waals surface area contributed by atoms with E-state index in [0.717, 1.165) is 0 Å². The minimum absolute atomic E-state index is 0.0709. The van der Waals surface area contributed by atoms with E-state index < -0.39 is 53.5 Å². The van der Waals surface area contributed by atoms with E-state index in [1.54, 1.807) is 0 Å². The molecule has 2 heterocycles. The molecule has 0 N–H and O–H groups in total. The van der Waals surface area contributed by atoms with Crippen LogP contribution >= 0.6 is 0 Å². The van der Waals surface area contributed by atoms with Gasteiger partial charge in [0.2, 0.25) is 0 Å². The fraction of sp³-hybridized carbons (Fsp3) is 0.632. The zero-order valence-corrected chi connectivity index (χ0v) is 14.7. The van der Waals surface area contributed by atoms with Crippen molar-refractivity contribution in [1.82, 2.24) is 0 Å². The number of esters is 5. The summed E-state index contributed by atoms with van der Waals surface area (Å²) in [5.41, 5.74) is 0. The van der Waals surface area contributed by atoms with E-state index in [1.807, 2.05) is 0 Å². The molecule has 8 nitrogen and oxygen atoms in total. The highest BCUT2D eigenvalue weighted by Crippen LogP contribution is 2.44. The standard InChI is InChI=1S/C19H20O8/c1-8-11-4-2-9(6-13(11)18(23)25-8)15(20)26-16(21)10-3-5-12-14(7-10)19(24)27-17(12)22/h9-14H,1-7H2. The molecule has 0 spiro atoms. The second kappa shape index (κ2) is 6.58. The molecule has 4 fully saturated rings. The summed E-state index contributed by atoms with van der Waals surface area (Å²) >= 11 is 0. The van der Waals surface area contributed by atoms with Crippen LogP contribution in [0.2, 0.25) is 0 Å². The maximum absolute atomic E-state index is 12.4. The van der Waals surface area contributed by atoms with Crippen LogP contribution in [0.4, 0.5) is 0 Å². The van der Waals surface area contributed by atoms with Gasteiger partial charge in [0.25, 0.3) is 0 Å². The van der Waals surface area contributed by atoms with Crippen LogP contribution in [-0.2, 0) is 38.2 Å². The summed E-state index contributed by atoms with van der Waals surface area (Å²) in [7, 11) is 0. The number of carbonyl (C=O) groups excluding carboxylic acids is 5. The molecule has 0 bridgehead atoms. The predicted molar refractivity (Wildman–Crippen MR) is 86.1 cm³/mol. The maximum Gasteiger partial charge on any atom is 0.317 e. The first-order chi connectivity index (χ1) is 12.8. The second-order valence-electron chi connectivity index (χ2n) is 7.81. The Kier molecular flexibility index (Phi) is 4.36. The summed E-state index contributed by atoms with van der Waals surface area (Å²) in [4.78, 5) is 59.9. The van der Waals surface area contributed by atoms with Crippen LogP contribution in [0.25, 0.3) is 0 Å². The quantitative estimate of drug-likeness (QED) is 0.402. The fourth-order valence-corrected chi connectivity index (χ4v) is 4.75. The van der Waals surface area contributed by atoms with Gasteiger partial charge in [-0.05, 0) is 38.5 Å². The molecule has 4 aliphatic rings. The Balaban J connectivity index is 1.34. The van der Waals surface area contributed by atoms with E-state index in [1.165, 1.54) is 0 Å². The normalized spacial score (nSPS) is 37.9. The Labute approximate surface area is 155 Å². The number of cyclic esters (lactones) is 3. The smallest absolute Gasteiger partial charge is 0.317 e. The van der Waals surface area contributed by atoms with Gasteiger partial charge in [0, 0.05) is 5.92 Å². The summed E-state index contributed by atoms with van der Waals surface area (Å²) in [5, 5.41) is 0. The van der Waals surface area contributed by atoms with Gasteiger partial charge in [-0.3, -0.25) is 24.0 Å². The van der Waals surface area contributed by atoms with Crippen LogP contribution < -0.4 is 0 Å². The van der Waals surface area contributed by atoms with Crippen LogP contribution in [0.1, 0.15) is 38.5 Å². The molecule has 6 unspecified atom stereocenters. The van der Waals surface area contributed by atoms with Crippen molar-refractivity contribution in [3.63, 3.8) is 0 Å². The average Bonchev–Trinajstić information content (AvgIpc) is 3.10. The van der Waals surface area contributed by atoms with Crippen LogP contribution in [0.3, 0.4) is 0 Å². The number of hydrogen-bond donors (Lipinski definition) is 0. The summed E-state index contributed by atoms with van der Waals surface area (Å²) < 4.78 is 14.7. The van der Waals surface area contributed by atoms with Gasteiger partial charge in [-0.1, -0.05) is 6.58 Å². The molecule has 6 atom stereocenters. The number of rotatable bonds is 2. The molecule has 144 valence electrons. The van der Waals surface area contributed by atoms with Crippen molar-refractivity contribution in [1.29, 1.82) is 0 Å². The molecular formula is C19H20O8. The van der Waals surface area contributed by atoms with Gasteiger partial charge in [0.05, 0.1) is 29.6 Å². The highest BCUT2D eigenvalue weighted by atomic mass is 16.6. The minimum atomic E-state index is -0.675. The fourth-order valence-electron chi connectivity index (χ4n) is 4.75. The molecule has 8 heteroatoms. The third-order valence-electron chi connectivity index (χ3n) is 6.32.